The van der Waals surface area contributed by atoms with Gasteiger partial charge in [-0.2, -0.15) is 0 Å². The Morgan fingerprint density at radius 2 is 1.93 bits per heavy atom. The fraction of sp³-hybridized carbons (Fsp3) is 0.800. The summed E-state index contributed by atoms with van der Waals surface area (Å²) in [5.41, 5.74) is 0. The molecule has 1 unspecified atom stereocenters. The molecular formula is C10H19NO3. The zero-order chi connectivity index (χ0) is 11.1. The lowest BCUT2D eigenvalue weighted by molar-refractivity contribution is -0.144. The van der Waals surface area contributed by atoms with Crippen LogP contribution < -0.4 is 5.32 Å². The summed E-state index contributed by atoms with van der Waals surface area (Å²) in [6.07, 6.45) is 0.241. The maximum Gasteiger partial charge on any atom is 0.307 e. The van der Waals surface area contributed by atoms with Crippen LogP contribution in [0, 0.1) is 5.92 Å². The van der Waals surface area contributed by atoms with Crippen molar-refractivity contribution < 1.29 is 14.3 Å². The highest BCUT2D eigenvalue weighted by molar-refractivity contribution is 5.75. The van der Waals surface area contributed by atoms with Crippen LogP contribution in [0.1, 0.15) is 34.1 Å². The van der Waals surface area contributed by atoms with Gasteiger partial charge in [-0.1, -0.05) is 13.8 Å². The lowest BCUT2D eigenvalue weighted by atomic mass is 10.0. The average molecular weight is 201 g/mol. The van der Waals surface area contributed by atoms with Gasteiger partial charge in [0.2, 0.25) is 5.91 Å². The molecular weight excluding hydrogens is 182 g/mol. The highest BCUT2D eigenvalue weighted by Crippen LogP contribution is 2.07. The predicted molar refractivity (Wildman–Crippen MR) is 53.7 cm³/mol. The first kappa shape index (κ1) is 12.9. The Labute approximate surface area is 85.0 Å². The van der Waals surface area contributed by atoms with E-state index in [1.54, 1.807) is 6.92 Å². The Kier molecular flexibility index (Phi) is 5.92. The van der Waals surface area contributed by atoms with Crippen LogP contribution in [0.3, 0.4) is 0 Å². The number of carbonyl (C=O) groups excluding carboxylic acids is 2. The maximum atomic E-state index is 11.2. The topological polar surface area (TPSA) is 55.4 Å². The Morgan fingerprint density at radius 1 is 1.36 bits per heavy atom. The fourth-order valence-corrected chi connectivity index (χ4v) is 1.11. The van der Waals surface area contributed by atoms with Crippen LogP contribution in [0.5, 0.6) is 0 Å². The van der Waals surface area contributed by atoms with Gasteiger partial charge in [0.05, 0.1) is 13.0 Å². The molecule has 0 rings (SSSR count). The largest absolute Gasteiger partial charge is 0.466 e. The SMILES string of the molecule is CCOC(=O)CC(NC(C)=O)C(C)C. The van der Waals surface area contributed by atoms with Crippen molar-refractivity contribution in [3.05, 3.63) is 0 Å². The van der Waals surface area contributed by atoms with Gasteiger partial charge in [-0.25, -0.2) is 0 Å². The molecule has 0 spiro atoms. The molecule has 14 heavy (non-hydrogen) atoms. The van der Waals surface area contributed by atoms with Crippen molar-refractivity contribution in [2.24, 2.45) is 5.92 Å². The molecule has 0 aliphatic carbocycles. The van der Waals surface area contributed by atoms with E-state index >= 15 is 0 Å². The zero-order valence-electron chi connectivity index (χ0n) is 9.29. The van der Waals surface area contributed by atoms with Gasteiger partial charge in [-0.15, -0.1) is 0 Å². The third kappa shape index (κ3) is 5.56. The summed E-state index contributed by atoms with van der Waals surface area (Å²) in [4.78, 5) is 22.0. The monoisotopic (exact) mass is 201 g/mol. The maximum absolute atomic E-state index is 11.2. The molecule has 0 aromatic rings. The quantitative estimate of drug-likeness (QED) is 0.678. The van der Waals surface area contributed by atoms with E-state index in [9.17, 15) is 9.59 Å². The van der Waals surface area contributed by atoms with Crippen molar-refractivity contribution in [3.63, 3.8) is 0 Å². The first-order valence-electron chi connectivity index (χ1n) is 4.90. The zero-order valence-corrected chi connectivity index (χ0v) is 9.29. The number of carbonyl (C=O) groups is 2. The average Bonchev–Trinajstić information content (AvgIpc) is 2.02. The van der Waals surface area contributed by atoms with Crippen LogP contribution in [-0.2, 0) is 14.3 Å². The third-order valence-corrected chi connectivity index (χ3v) is 1.89. The molecule has 0 aromatic heterocycles. The number of hydrogen-bond donors (Lipinski definition) is 1. The Bertz CT molecular complexity index is 202. The first-order chi connectivity index (χ1) is 6.47. The van der Waals surface area contributed by atoms with E-state index in [1.165, 1.54) is 6.92 Å². The normalized spacial score (nSPS) is 12.4. The molecule has 0 aromatic carbocycles. The summed E-state index contributed by atoms with van der Waals surface area (Å²) in [7, 11) is 0. The minimum atomic E-state index is -0.264. The molecule has 0 saturated heterocycles. The summed E-state index contributed by atoms with van der Waals surface area (Å²) < 4.78 is 4.81. The molecule has 82 valence electrons. The number of rotatable bonds is 5. The van der Waals surface area contributed by atoms with E-state index < -0.39 is 0 Å². The van der Waals surface area contributed by atoms with Crippen molar-refractivity contribution in [3.8, 4) is 0 Å². The molecule has 1 amide bonds. The molecule has 0 fully saturated rings. The van der Waals surface area contributed by atoms with E-state index in [2.05, 4.69) is 5.32 Å². The highest BCUT2D eigenvalue weighted by atomic mass is 16.5. The summed E-state index contributed by atoms with van der Waals surface area (Å²) >= 11 is 0. The number of esters is 1. The van der Waals surface area contributed by atoms with Crippen molar-refractivity contribution >= 4 is 11.9 Å². The predicted octanol–water partition coefficient (Wildman–Crippen LogP) is 1.10. The highest BCUT2D eigenvalue weighted by Gasteiger charge is 2.18. The van der Waals surface area contributed by atoms with Crippen LogP contribution in [0.15, 0.2) is 0 Å². The standard InChI is InChI=1S/C10H19NO3/c1-5-14-10(13)6-9(7(2)3)11-8(4)12/h7,9H,5-6H2,1-4H3,(H,11,12). The molecule has 4 heteroatoms. The number of ether oxygens (including phenoxy) is 1. The van der Waals surface area contributed by atoms with Crippen LogP contribution in [0.4, 0.5) is 0 Å². The van der Waals surface area contributed by atoms with E-state index in [-0.39, 0.29) is 30.3 Å². The molecule has 0 aliphatic heterocycles. The van der Waals surface area contributed by atoms with Crippen LogP contribution in [0.25, 0.3) is 0 Å². The second-order valence-corrected chi connectivity index (χ2v) is 3.56. The second-order valence-electron chi connectivity index (χ2n) is 3.56. The summed E-state index contributed by atoms with van der Waals surface area (Å²) in [6.45, 7) is 7.50. The third-order valence-electron chi connectivity index (χ3n) is 1.89. The Hall–Kier alpha value is -1.06. The number of nitrogens with one attached hydrogen (secondary N) is 1. The van der Waals surface area contributed by atoms with E-state index in [0.717, 1.165) is 0 Å². The van der Waals surface area contributed by atoms with Gasteiger partial charge in [0.25, 0.3) is 0 Å². The van der Waals surface area contributed by atoms with Crippen LogP contribution in [0.2, 0.25) is 0 Å². The molecule has 4 nitrogen and oxygen atoms in total. The van der Waals surface area contributed by atoms with E-state index in [1.807, 2.05) is 13.8 Å². The van der Waals surface area contributed by atoms with Gasteiger partial charge >= 0.3 is 5.97 Å². The van der Waals surface area contributed by atoms with Gasteiger partial charge < -0.3 is 10.1 Å². The van der Waals surface area contributed by atoms with Gasteiger partial charge in [0.15, 0.2) is 0 Å². The van der Waals surface area contributed by atoms with Crippen LogP contribution in [-0.4, -0.2) is 24.5 Å². The van der Waals surface area contributed by atoms with Gasteiger partial charge in [0.1, 0.15) is 0 Å². The van der Waals surface area contributed by atoms with Crippen molar-refractivity contribution in [1.29, 1.82) is 0 Å². The van der Waals surface area contributed by atoms with E-state index in [4.69, 9.17) is 4.74 Å². The first-order valence-corrected chi connectivity index (χ1v) is 4.90. The van der Waals surface area contributed by atoms with Crippen molar-refractivity contribution in [2.75, 3.05) is 6.61 Å². The minimum Gasteiger partial charge on any atom is -0.466 e. The summed E-state index contributed by atoms with van der Waals surface area (Å²) in [5, 5.41) is 2.73. The smallest absolute Gasteiger partial charge is 0.307 e. The molecule has 0 aliphatic rings. The lowest BCUT2D eigenvalue weighted by Crippen LogP contribution is -2.39. The molecule has 1 N–H and O–H groups in total. The molecule has 0 radical (unpaired) electrons. The van der Waals surface area contributed by atoms with E-state index in [0.29, 0.717) is 6.61 Å². The Balaban J connectivity index is 4.09. The lowest BCUT2D eigenvalue weighted by Gasteiger charge is -2.20. The molecule has 0 heterocycles. The number of amides is 1. The van der Waals surface area contributed by atoms with Crippen molar-refractivity contribution in [1.82, 2.24) is 5.32 Å². The minimum absolute atomic E-state index is 0.118. The Morgan fingerprint density at radius 3 is 2.29 bits per heavy atom. The second kappa shape index (κ2) is 6.40. The molecule has 0 bridgehead atoms. The van der Waals surface area contributed by atoms with Crippen LogP contribution >= 0.6 is 0 Å². The molecule has 0 saturated carbocycles. The molecule has 1 atom stereocenters. The van der Waals surface area contributed by atoms with Gasteiger partial charge in [-0.3, -0.25) is 9.59 Å². The fourth-order valence-electron chi connectivity index (χ4n) is 1.11. The summed E-state index contributed by atoms with van der Waals surface area (Å²) in [6, 6.07) is -0.133. The van der Waals surface area contributed by atoms with Gasteiger partial charge in [0, 0.05) is 13.0 Å². The van der Waals surface area contributed by atoms with Gasteiger partial charge in [-0.05, 0) is 12.8 Å². The van der Waals surface area contributed by atoms with Crippen molar-refractivity contribution in [2.45, 2.75) is 40.2 Å². The summed E-state index contributed by atoms with van der Waals surface area (Å²) in [5.74, 6) is -0.156. The number of hydrogen-bond acceptors (Lipinski definition) is 3.